The highest BCUT2D eigenvalue weighted by Crippen LogP contribution is 2.20. The summed E-state index contributed by atoms with van der Waals surface area (Å²) in [7, 11) is 0. The van der Waals surface area contributed by atoms with Crippen molar-refractivity contribution in [2.24, 2.45) is 0 Å². The van der Waals surface area contributed by atoms with E-state index < -0.39 is 6.10 Å². The van der Waals surface area contributed by atoms with Crippen molar-refractivity contribution in [2.45, 2.75) is 13.0 Å². The molecule has 0 aliphatic rings. The van der Waals surface area contributed by atoms with Crippen LogP contribution >= 0.6 is 0 Å². The third kappa shape index (κ3) is 2.65. The summed E-state index contributed by atoms with van der Waals surface area (Å²) in [6.07, 6.45) is 0.705. The van der Waals surface area contributed by atoms with E-state index >= 15 is 0 Å². The lowest BCUT2D eigenvalue weighted by Gasteiger charge is -2.13. The average molecular weight is 235 g/mol. The Hall–Kier alpha value is -1.81. The molecule has 2 N–H and O–H groups in total. The Bertz CT molecular complexity index is 462. The maximum absolute atomic E-state index is 13.5. The zero-order valence-electron chi connectivity index (χ0n) is 9.48. The van der Waals surface area contributed by atoms with E-state index in [-0.39, 0.29) is 12.4 Å². The number of hydrogen-bond acceptors (Lipinski definition) is 3. The third-order valence-electron chi connectivity index (χ3n) is 2.57. The van der Waals surface area contributed by atoms with Gasteiger partial charge < -0.3 is 14.8 Å². The van der Waals surface area contributed by atoms with Gasteiger partial charge in [-0.2, -0.15) is 0 Å². The number of aryl methyl sites for hydroxylation is 1. The third-order valence-corrected chi connectivity index (χ3v) is 2.57. The minimum atomic E-state index is -0.788. The van der Waals surface area contributed by atoms with E-state index in [0.717, 1.165) is 5.56 Å². The van der Waals surface area contributed by atoms with Gasteiger partial charge in [-0.3, -0.25) is 0 Å². The predicted octanol–water partition coefficient (Wildman–Crippen LogP) is 2.87. The molecule has 0 aliphatic heterocycles. The second kappa shape index (κ2) is 5.01. The molecule has 1 unspecified atom stereocenters. The lowest BCUT2D eigenvalue weighted by atomic mass is 10.2. The summed E-state index contributed by atoms with van der Waals surface area (Å²) in [4.78, 5) is 0. The maximum atomic E-state index is 13.5. The first-order chi connectivity index (χ1) is 8.18. The van der Waals surface area contributed by atoms with Crippen molar-refractivity contribution in [1.82, 2.24) is 0 Å². The molecule has 1 aromatic carbocycles. The van der Waals surface area contributed by atoms with Gasteiger partial charge in [0, 0.05) is 6.54 Å². The molecule has 3 nitrogen and oxygen atoms in total. The van der Waals surface area contributed by atoms with E-state index in [2.05, 4.69) is 5.32 Å². The molecule has 0 aliphatic carbocycles. The van der Waals surface area contributed by atoms with Gasteiger partial charge in [-0.15, -0.1) is 0 Å². The van der Waals surface area contributed by atoms with E-state index in [1.807, 2.05) is 13.0 Å². The highest BCUT2D eigenvalue weighted by Gasteiger charge is 2.12. The Balaban J connectivity index is 2.03. The minimum Gasteiger partial charge on any atom is -0.467 e. The van der Waals surface area contributed by atoms with Crippen LogP contribution in [0.25, 0.3) is 0 Å². The van der Waals surface area contributed by atoms with Crippen LogP contribution in [0, 0.1) is 12.7 Å². The molecule has 2 rings (SSSR count). The van der Waals surface area contributed by atoms with Crippen LogP contribution in [0.1, 0.15) is 17.4 Å². The molecule has 90 valence electrons. The second-order valence-corrected chi connectivity index (χ2v) is 3.84. The smallest absolute Gasteiger partial charge is 0.146 e. The van der Waals surface area contributed by atoms with Crippen LogP contribution < -0.4 is 5.32 Å². The number of aliphatic hydroxyl groups excluding tert-OH is 1. The number of aliphatic hydroxyl groups is 1. The zero-order chi connectivity index (χ0) is 12.3. The van der Waals surface area contributed by atoms with Crippen molar-refractivity contribution < 1.29 is 13.9 Å². The molecule has 4 heteroatoms. The number of benzene rings is 1. The molecule has 0 saturated carbocycles. The van der Waals surface area contributed by atoms with Crippen molar-refractivity contribution in [3.8, 4) is 0 Å². The van der Waals surface area contributed by atoms with Crippen LogP contribution in [0.4, 0.5) is 10.1 Å². The SMILES string of the molecule is Cc1cccc(F)c1NCC(O)c1ccco1. The fourth-order valence-electron chi connectivity index (χ4n) is 1.64. The van der Waals surface area contributed by atoms with Crippen LogP contribution in [0.3, 0.4) is 0 Å². The molecule has 0 bridgehead atoms. The van der Waals surface area contributed by atoms with Crippen molar-refractivity contribution in [3.05, 3.63) is 53.7 Å². The summed E-state index contributed by atoms with van der Waals surface area (Å²) in [5, 5.41) is 12.7. The Morgan fingerprint density at radius 1 is 1.35 bits per heavy atom. The van der Waals surface area contributed by atoms with Gasteiger partial charge in [-0.1, -0.05) is 12.1 Å². The first-order valence-corrected chi connectivity index (χ1v) is 5.39. The normalized spacial score (nSPS) is 12.4. The molecule has 1 atom stereocenters. The number of anilines is 1. The lowest BCUT2D eigenvalue weighted by molar-refractivity contribution is 0.162. The average Bonchev–Trinajstić information content (AvgIpc) is 2.81. The molecular formula is C13H14FNO2. The van der Waals surface area contributed by atoms with Gasteiger partial charge >= 0.3 is 0 Å². The molecule has 0 spiro atoms. The molecule has 0 saturated heterocycles. The minimum absolute atomic E-state index is 0.204. The highest BCUT2D eigenvalue weighted by atomic mass is 19.1. The van der Waals surface area contributed by atoms with Gasteiger partial charge in [0.1, 0.15) is 17.7 Å². The van der Waals surface area contributed by atoms with E-state index in [9.17, 15) is 9.50 Å². The van der Waals surface area contributed by atoms with E-state index in [0.29, 0.717) is 11.4 Å². The van der Waals surface area contributed by atoms with Crippen LogP contribution in [-0.2, 0) is 0 Å². The van der Waals surface area contributed by atoms with Gasteiger partial charge in [-0.05, 0) is 30.7 Å². The lowest BCUT2D eigenvalue weighted by Crippen LogP contribution is -2.13. The van der Waals surface area contributed by atoms with Crippen LogP contribution in [0.5, 0.6) is 0 Å². The Morgan fingerprint density at radius 2 is 2.18 bits per heavy atom. The number of hydrogen-bond donors (Lipinski definition) is 2. The van der Waals surface area contributed by atoms with Crippen LogP contribution in [0.15, 0.2) is 41.0 Å². The van der Waals surface area contributed by atoms with Crippen LogP contribution in [0.2, 0.25) is 0 Å². The van der Waals surface area contributed by atoms with Gasteiger partial charge in [0.05, 0.1) is 12.0 Å². The summed E-state index contributed by atoms with van der Waals surface area (Å²) in [5.74, 6) is 0.142. The van der Waals surface area contributed by atoms with Crippen molar-refractivity contribution in [2.75, 3.05) is 11.9 Å². The van der Waals surface area contributed by atoms with E-state index in [1.54, 1.807) is 18.2 Å². The number of nitrogens with one attached hydrogen (secondary N) is 1. The topological polar surface area (TPSA) is 45.4 Å². The Kier molecular flexibility index (Phi) is 3.44. The summed E-state index contributed by atoms with van der Waals surface area (Å²) < 4.78 is 18.5. The molecule has 2 aromatic rings. The Labute approximate surface area is 98.9 Å². The van der Waals surface area contributed by atoms with Crippen LogP contribution in [-0.4, -0.2) is 11.7 Å². The summed E-state index contributed by atoms with van der Waals surface area (Å²) in [6, 6.07) is 8.23. The van der Waals surface area contributed by atoms with Gasteiger partial charge in [0.25, 0.3) is 0 Å². The quantitative estimate of drug-likeness (QED) is 0.856. The van der Waals surface area contributed by atoms with E-state index in [4.69, 9.17) is 4.42 Å². The maximum Gasteiger partial charge on any atom is 0.146 e. The molecule has 17 heavy (non-hydrogen) atoms. The van der Waals surface area contributed by atoms with Crippen molar-refractivity contribution in [3.63, 3.8) is 0 Å². The van der Waals surface area contributed by atoms with Crippen molar-refractivity contribution >= 4 is 5.69 Å². The first-order valence-electron chi connectivity index (χ1n) is 5.39. The van der Waals surface area contributed by atoms with E-state index in [1.165, 1.54) is 12.3 Å². The summed E-state index contributed by atoms with van der Waals surface area (Å²) >= 11 is 0. The molecule has 0 fully saturated rings. The molecule has 1 aromatic heterocycles. The number of para-hydroxylation sites is 1. The predicted molar refractivity (Wildman–Crippen MR) is 63.3 cm³/mol. The second-order valence-electron chi connectivity index (χ2n) is 3.84. The highest BCUT2D eigenvalue weighted by molar-refractivity contribution is 5.51. The number of halogens is 1. The van der Waals surface area contributed by atoms with Gasteiger partial charge in [0.2, 0.25) is 0 Å². The monoisotopic (exact) mass is 235 g/mol. The molecular weight excluding hydrogens is 221 g/mol. The summed E-state index contributed by atoms with van der Waals surface area (Å²) in [6.45, 7) is 2.01. The fourth-order valence-corrected chi connectivity index (χ4v) is 1.64. The largest absolute Gasteiger partial charge is 0.467 e. The molecule has 1 heterocycles. The number of furan rings is 1. The number of rotatable bonds is 4. The standard InChI is InChI=1S/C13H14FNO2/c1-9-4-2-5-10(14)13(9)15-8-11(16)12-6-3-7-17-12/h2-7,11,15-16H,8H2,1H3. The zero-order valence-corrected chi connectivity index (χ0v) is 9.48. The van der Waals surface area contributed by atoms with Crippen molar-refractivity contribution in [1.29, 1.82) is 0 Å². The van der Waals surface area contributed by atoms with Gasteiger partial charge in [0.15, 0.2) is 0 Å². The fraction of sp³-hybridized carbons (Fsp3) is 0.231. The summed E-state index contributed by atoms with van der Waals surface area (Å²) in [5.41, 5.74) is 1.22. The molecule has 0 radical (unpaired) electrons. The van der Waals surface area contributed by atoms with Gasteiger partial charge in [-0.25, -0.2) is 4.39 Å². The molecule has 0 amide bonds. The first kappa shape index (κ1) is 11.7. The Morgan fingerprint density at radius 3 is 2.82 bits per heavy atom.